The summed E-state index contributed by atoms with van der Waals surface area (Å²) in [6.45, 7) is 2.84. The highest BCUT2D eigenvalue weighted by molar-refractivity contribution is 5.99. The van der Waals surface area contributed by atoms with E-state index < -0.39 is 0 Å². The fourth-order valence-corrected chi connectivity index (χ4v) is 3.52. The number of halogens is 1. The zero-order valence-electron chi connectivity index (χ0n) is 14.4. The van der Waals surface area contributed by atoms with Gasteiger partial charge in [-0.1, -0.05) is 12.1 Å². The highest BCUT2D eigenvalue weighted by atomic mass is 19.1. The maximum atomic E-state index is 13.0. The number of piperazine rings is 1. The number of hydrogen-bond acceptors (Lipinski definition) is 3. The summed E-state index contributed by atoms with van der Waals surface area (Å²) in [6.07, 6.45) is 0.728. The second-order valence-electron chi connectivity index (χ2n) is 6.74. The number of amides is 2. The van der Waals surface area contributed by atoms with E-state index in [0.717, 1.165) is 35.6 Å². The van der Waals surface area contributed by atoms with E-state index in [9.17, 15) is 14.0 Å². The largest absolute Gasteiger partial charge is 0.368 e. The van der Waals surface area contributed by atoms with Gasteiger partial charge in [-0.3, -0.25) is 9.59 Å². The fourth-order valence-electron chi connectivity index (χ4n) is 3.52. The summed E-state index contributed by atoms with van der Waals surface area (Å²) in [5.74, 6) is -0.186. The minimum atomic E-state index is -0.291. The molecule has 2 heterocycles. The first-order valence-electron chi connectivity index (χ1n) is 8.78. The van der Waals surface area contributed by atoms with Gasteiger partial charge in [-0.25, -0.2) is 4.39 Å². The number of carbonyl (C=O) groups excluding carboxylic acids is 2. The van der Waals surface area contributed by atoms with Crippen LogP contribution in [0.2, 0.25) is 0 Å². The molecule has 0 spiro atoms. The number of benzene rings is 2. The molecule has 2 amide bonds. The molecule has 2 aliphatic rings. The van der Waals surface area contributed by atoms with Crippen LogP contribution in [0.25, 0.3) is 0 Å². The second-order valence-corrected chi connectivity index (χ2v) is 6.74. The van der Waals surface area contributed by atoms with Crippen LogP contribution in [0.15, 0.2) is 42.5 Å². The summed E-state index contributed by atoms with van der Waals surface area (Å²) in [4.78, 5) is 28.0. The number of nitrogens with one attached hydrogen (secondary N) is 1. The van der Waals surface area contributed by atoms with Crippen molar-refractivity contribution >= 4 is 23.2 Å². The van der Waals surface area contributed by atoms with Crippen LogP contribution in [0, 0.1) is 5.82 Å². The van der Waals surface area contributed by atoms with Crippen molar-refractivity contribution in [2.45, 2.75) is 12.8 Å². The zero-order valence-corrected chi connectivity index (χ0v) is 14.4. The van der Waals surface area contributed by atoms with Gasteiger partial charge in [0.15, 0.2) is 0 Å². The predicted molar refractivity (Wildman–Crippen MR) is 97.7 cm³/mol. The molecule has 6 heteroatoms. The summed E-state index contributed by atoms with van der Waals surface area (Å²) in [6, 6.07) is 12.1. The molecule has 134 valence electrons. The number of fused-ring (bicyclic) bond motifs is 1. The molecule has 1 saturated heterocycles. The van der Waals surface area contributed by atoms with Gasteiger partial charge >= 0.3 is 0 Å². The highest BCUT2D eigenvalue weighted by Crippen LogP contribution is 2.28. The average Bonchev–Trinajstić information content (AvgIpc) is 3.03. The van der Waals surface area contributed by atoms with E-state index in [0.29, 0.717) is 25.9 Å². The Morgan fingerprint density at radius 2 is 1.77 bits per heavy atom. The molecule has 2 aromatic rings. The SMILES string of the molecule is O=C1Cc2cc(N3CCN(C(=O)Cc4ccc(F)cc4)CC3)ccc2N1. The van der Waals surface area contributed by atoms with Crippen molar-refractivity contribution < 1.29 is 14.0 Å². The van der Waals surface area contributed by atoms with E-state index in [1.807, 2.05) is 17.0 Å². The summed E-state index contributed by atoms with van der Waals surface area (Å²) in [5.41, 5.74) is 3.84. The monoisotopic (exact) mass is 353 g/mol. The number of anilines is 2. The van der Waals surface area contributed by atoms with Crippen LogP contribution in [-0.4, -0.2) is 42.9 Å². The van der Waals surface area contributed by atoms with E-state index in [1.165, 1.54) is 12.1 Å². The molecule has 5 nitrogen and oxygen atoms in total. The Morgan fingerprint density at radius 1 is 1.04 bits per heavy atom. The molecular formula is C20H20FN3O2. The molecule has 0 unspecified atom stereocenters. The Bertz CT molecular complexity index is 843. The average molecular weight is 353 g/mol. The summed E-state index contributed by atoms with van der Waals surface area (Å²) >= 11 is 0. The van der Waals surface area contributed by atoms with Gasteiger partial charge in [0.05, 0.1) is 12.8 Å². The Hall–Kier alpha value is -2.89. The zero-order chi connectivity index (χ0) is 18.1. The predicted octanol–water partition coefficient (Wildman–Crippen LogP) is 2.21. The van der Waals surface area contributed by atoms with Gasteiger partial charge in [0.2, 0.25) is 11.8 Å². The molecule has 0 aromatic heterocycles. The minimum absolute atomic E-state index is 0.0355. The van der Waals surface area contributed by atoms with Crippen molar-refractivity contribution in [3.05, 3.63) is 59.4 Å². The minimum Gasteiger partial charge on any atom is -0.368 e. The molecular weight excluding hydrogens is 333 g/mol. The summed E-state index contributed by atoms with van der Waals surface area (Å²) in [5, 5.41) is 2.84. The van der Waals surface area contributed by atoms with Crippen molar-refractivity contribution in [2.75, 3.05) is 36.4 Å². The van der Waals surface area contributed by atoms with Gasteiger partial charge in [0.25, 0.3) is 0 Å². The molecule has 4 rings (SSSR count). The number of carbonyl (C=O) groups is 2. The van der Waals surface area contributed by atoms with Gasteiger partial charge in [0.1, 0.15) is 5.82 Å². The first-order chi connectivity index (χ1) is 12.6. The molecule has 0 saturated carbocycles. The van der Waals surface area contributed by atoms with Gasteiger partial charge < -0.3 is 15.1 Å². The van der Waals surface area contributed by atoms with Gasteiger partial charge in [-0.05, 0) is 41.5 Å². The topological polar surface area (TPSA) is 52.7 Å². The lowest BCUT2D eigenvalue weighted by molar-refractivity contribution is -0.130. The lowest BCUT2D eigenvalue weighted by Crippen LogP contribution is -2.49. The van der Waals surface area contributed by atoms with E-state index >= 15 is 0 Å². The van der Waals surface area contributed by atoms with Gasteiger partial charge in [0, 0.05) is 37.6 Å². The van der Waals surface area contributed by atoms with Crippen LogP contribution in [0.5, 0.6) is 0 Å². The summed E-state index contributed by atoms with van der Waals surface area (Å²) in [7, 11) is 0. The Balaban J connectivity index is 1.35. The highest BCUT2D eigenvalue weighted by Gasteiger charge is 2.23. The molecule has 2 aliphatic heterocycles. The van der Waals surface area contributed by atoms with Crippen molar-refractivity contribution in [3.8, 4) is 0 Å². The van der Waals surface area contributed by atoms with Crippen molar-refractivity contribution in [2.24, 2.45) is 0 Å². The van der Waals surface area contributed by atoms with Gasteiger partial charge in [-0.2, -0.15) is 0 Å². The Kier molecular flexibility index (Phi) is 4.32. The van der Waals surface area contributed by atoms with Crippen molar-refractivity contribution in [1.29, 1.82) is 0 Å². The first kappa shape index (κ1) is 16.6. The molecule has 26 heavy (non-hydrogen) atoms. The van der Waals surface area contributed by atoms with Crippen LogP contribution in [-0.2, 0) is 22.4 Å². The van der Waals surface area contributed by atoms with Crippen LogP contribution in [0.3, 0.4) is 0 Å². The van der Waals surface area contributed by atoms with E-state index in [2.05, 4.69) is 16.3 Å². The number of rotatable bonds is 3. The standard InChI is InChI=1S/C20H20FN3O2/c21-16-3-1-14(2-4-16)11-20(26)24-9-7-23(8-10-24)17-5-6-18-15(12-17)13-19(25)22-18/h1-6,12H,7-11,13H2,(H,22,25). The summed E-state index contributed by atoms with van der Waals surface area (Å²) < 4.78 is 13.0. The lowest BCUT2D eigenvalue weighted by Gasteiger charge is -2.36. The molecule has 1 fully saturated rings. The van der Waals surface area contributed by atoms with E-state index in [-0.39, 0.29) is 17.6 Å². The van der Waals surface area contributed by atoms with Crippen molar-refractivity contribution in [1.82, 2.24) is 4.90 Å². The third kappa shape index (κ3) is 3.40. The normalized spacial score (nSPS) is 16.4. The Labute approximate surface area is 151 Å². The van der Waals surface area contributed by atoms with E-state index in [1.54, 1.807) is 12.1 Å². The van der Waals surface area contributed by atoms with Crippen LogP contribution in [0.4, 0.5) is 15.8 Å². The maximum Gasteiger partial charge on any atom is 0.228 e. The third-order valence-corrected chi connectivity index (χ3v) is 4.98. The number of hydrogen-bond donors (Lipinski definition) is 1. The molecule has 1 N–H and O–H groups in total. The molecule has 0 bridgehead atoms. The second kappa shape index (κ2) is 6.78. The van der Waals surface area contributed by atoms with Crippen LogP contribution < -0.4 is 10.2 Å². The third-order valence-electron chi connectivity index (χ3n) is 4.98. The maximum absolute atomic E-state index is 13.0. The van der Waals surface area contributed by atoms with Gasteiger partial charge in [-0.15, -0.1) is 0 Å². The smallest absolute Gasteiger partial charge is 0.228 e. The first-order valence-corrected chi connectivity index (χ1v) is 8.78. The van der Waals surface area contributed by atoms with E-state index in [4.69, 9.17) is 0 Å². The van der Waals surface area contributed by atoms with Crippen LogP contribution in [0.1, 0.15) is 11.1 Å². The quantitative estimate of drug-likeness (QED) is 0.921. The molecule has 2 aromatic carbocycles. The molecule has 0 radical (unpaired) electrons. The Morgan fingerprint density at radius 3 is 2.50 bits per heavy atom. The molecule has 0 atom stereocenters. The van der Waals surface area contributed by atoms with Crippen LogP contribution >= 0.6 is 0 Å². The lowest BCUT2D eigenvalue weighted by atomic mass is 10.1. The van der Waals surface area contributed by atoms with Crippen molar-refractivity contribution in [3.63, 3.8) is 0 Å². The molecule has 0 aliphatic carbocycles. The fraction of sp³-hybridized carbons (Fsp3) is 0.300. The number of nitrogens with zero attached hydrogens (tertiary/aromatic N) is 2.